The largest absolute Gasteiger partial charge is 0.314 e. The Balaban J connectivity index is 1.67. The van der Waals surface area contributed by atoms with Crippen LogP contribution < -0.4 is 10.6 Å². The smallest absolute Gasteiger partial charge is 0.0937 e. The Morgan fingerprint density at radius 1 is 1.44 bits per heavy atom. The van der Waals surface area contributed by atoms with E-state index in [2.05, 4.69) is 34.4 Å². The normalized spacial score (nSPS) is 18.1. The summed E-state index contributed by atoms with van der Waals surface area (Å²) >= 11 is 1.74. The molecule has 4 nitrogen and oxygen atoms in total. The highest BCUT2D eigenvalue weighted by Gasteiger charge is 2.27. The molecule has 0 aromatic carbocycles. The van der Waals surface area contributed by atoms with Gasteiger partial charge in [0, 0.05) is 62.8 Å². The third kappa shape index (κ3) is 4.02. The lowest BCUT2D eigenvalue weighted by molar-refractivity contribution is 0.102. The van der Waals surface area contributed by atoms with Crippen molar-refractivity contribution in [1.29, 1.82) is 0 Å². The zero-order valence-electron chi connectivity index (χ0n) is 11.4. The van der Waals surface area contributed by atoms with E-state index in [4.69, 9.17) is 0 Å². The minimum absolute atomic E-state index is 0.241. The zero-order valence-corrected chi connectivity index (χ0v) is 12.2. The number of nitrogens with zero attached hydrogens (tertiary/aromatic N) is 2. The summed E-state index contributed by atoms with van der Waals surface area (Å²) in [5.41, 5.74) is 0.241. The maximum atomic E-state index is 4.30. The standard InChI is InChI=1S/C13H24N4S/c1-13(2,17-8-5-14-6-9-17)11-15-4-3-12-16-7-10-18-12/h7,10,14-15H,3-6,8-9,11H2,1-2H3. The molecule has 1 aliphatic rings. The molecule has 2 heterocycles. The zero-order chi connectivity index (χ0) is 12.8. The molecular weight excluding hydrogens is 244 g/mol. The predicted octanol–water partition coefficient (Wildman–Crippen LogP) is 0.959. The molecule has 1 aromatic heterocycles. The number of rotatable bonds is 6. The van der Waals surface area contributed by atoms with E-state index in [9.17, 15) is 0 Å². The summed E-state index contributed by atoms with van der Waals surface area (Å²) in [4.78, 5) is 6.87. The fraction of sp³-hybridized carbons (Fsp3) is 0.769. The molecule has 1 aromatic rings. The Morgan fingerprint density at radius 2 is 2.22 bits per heavy atom. The van der Waals surface area contributed by atoms with Gasteiger partial charge in [-0.15, -0.1) is 11.3 Å². The molecule has 0 bridgehead atoms. The number of thiazole rings is 1. The maximum Gasteiger partial charge on any atom is 0.0937 e. The van der Waals surface area contributed by atoms with Gasteiger partial charge in [-0.3, -0.25) is 4.90 Å². The predicted molar refractivity (Wildman–Crippen MR) is 77.2 cm³/mol. The number of hydrogen-bond acceptors (Lipinski definition) is 5. The van der Waals surface area contributed by atoms with E-state index < -0.39 is 0 Å². The van der Waals surface area contributed by atoms with Crippen LogP contribution in [0.15, 0.2) is 11.6 Å². The van der Waals surface area contributed by atoms with E-state index in [0.29, 0.717) is 0 Å². The van der Waals surface area contributed by atoms with Crippen LogP contribution in [0.25, 0.3) is 0 Å². The first-order valence-electron chi connectivity index (χ1n) is 6.73. The summed E-state index contributed by atoms with van der Waals surface area (Å²) in [6.07, 6.45) is 2.92. The molecule has 0 radical (unpaired) electrons. The second kappa shape index (κ2) is 6.61. The monoisotopic (exact) mass is 268 g/mol. The molecule has 1 fully saturated rings. The lowest BCUT2D eigenvalue weighted by atomic mass is 10.0. The Hall–Kier alpha value is -0.490. The van der Waals surface area contributed by atoms with Crippen molar-refractivity contribution < 1.29 is 0 Å². The van der Waals surface area contributed by atoms with Crippen LogP contribution in [-0.4, -0.2) is 54.7 Å². The fourth-order valence-electron chi connectivity index (χ4n) is 2.35. The first-order valence-corrected chi connectivity index (χ1v) is 7.61. The van der Waals surface area contributed by atoms with Crippen molar-refractivity contribution in [3.63, 3.8) is 0 Å². The molecule has 5 heteroatoms. The Morgan fingerprint density at radius 3 is 2.89 bits per heavy atom. The van der Waals surface area contributed by atoms with Gasteiger partial charge in [-0.2, -0.15) is 0 Å². The van der Waals surface area contributed by atoms with Gasteiger partial charge in [0.2, 0.25) is 0 Å². The van der Waals surface area contributed by atoms with Crippen LogP contribution in [0.3, 0.4) is 0 Å². The van der Waals surface area contributed by atoms with E-state index in [0.717, 1.165) is 45.7 Å². The molecule has 0 amide bonds. The van der Waals surface area contributed by atoms with Gasteiger partial charge in [0.05, 0.1) is 5.01 Å². The van der Waals surface area contributed by atoms with Crippen LogP contribution in [0.1, 0.15) is 18.9 Å². The summed E-state index contributed by atoms with van der Waals surface area (Å²) in [7, 11) is 0. The summed E-state index contributed by atoms with van der Waals surface area (Å²) in [5, 5.41) is 10.2. The highest BCUT2D eigenvalue weighted by Crippen LogP contribution is 2.13. The number of aromatic nitrogens is 1. The summed E-state index contributed by atoms with van der Waals surface area (Å²) < 4.78 is 0. The van der Waals surface area contributed by atoms with Gasteiger partial charge >= 0.3 is 0 Å². The Labute approximate surface area is 114 Å². The number of piperazine rings is 1. The number of hydrogen-bond donors (Lipinski definition) is 2. The van der Waals surface area contributed by atoms with Crippen LogP contribution in [-0.2, 0) is 6.42 Å². The average Bonchev–Trinajstić information content (AvgIpc) is 2.89. The second-order valence-electron chi connectivity index (χ2n) is 5.40. The van der Waals surface area contributed by atoms with Gasteiger partial charge in [-0.25, -0.2) is 4.98 Å². The van der Waals surface area contributed by atoms with Gasteiger partial charge in [0.15, 0.2) is 0 Å². The molecule has 0 saturated carbocycles. The Kier molecular flexibility index (Phi) is 5.12. The van der Waals surface area contributed by atoms with Crippen molar-refractivity contribution >= 4 is 11.3 Å². The van der Waals surface area contributed by atoms with E-state index >= 15 is 0 Å². The van der Waals surface area contributed by atoms with Crippen LogP contribution in [0, 0.1) is 0 Å². The fourth-order valence-corrected chi connectivity index (χ4v) is 2.97. The van der Waals surface area contributed by atoms with Crippen LogP contribution >= 0.6 is 11.3 Å². The van der Waals surface area contributed by atoms with E-state index in [-0.39, 0.29) is 5.54 Å². The van der Waals surface area contributed by atoms with E-state index in [1.165, 1.54) is 5.01 Å². The highest BCUT2D eigenvalue weighted by molar-refractivity contribution is 7.09. The molecule has 2 N–H and O–H groups in total. The second-order valence-corrected chi connectivity index (χ2v) is 6.38. The first-order chi connectivity index (χ1) is 8.68. The lowest BCUT2D eigenvalue weighted by Crippen LogP contribution is -2.57. The molecule has 0 aliphatic carbocycles. The summed E-state index contributed by atoms with van der Waals surface area (Å²) in [6.45, 7) is 11.2. The van der Waals surface area contributed by atoms with Crippen molar-refractivity contribution in [3.05, 3.63) is 16.6 Å². The third-order valence-corrected chi connectivity index (χ3v) is 4.37. The quantitative estimate of drug-likeness (QED) is 0.754. The van der Waals surface area contributed by atoms with Crippen molar-refractivity contribution in [1.82, 2.24) is 20.5 Å². The van der Waals surface area contributed by atoms with Crippen LogP contribution in [0.5, 0.6) is 0 Å². The van der Waals surface area contributed by atoms with Crippen molar-refractivity contribution in [3.8, 4) is 0 Å². The molecule has 2 rings (SSSR count). The third-order valence-electron chi connectivity index (χ3n) is 3.53. The van der Waals surface area contributed by atoms with Crippen LogP contribution in [0.4, 0.5) is 0 Å². The van der Waals surface area contributed by atoms with Gasteiger partial charge < -0.3 is 10.6 Å². The lowest BCUT2D eigenvalue weighted by Gasteiger charge is -2.41. The highest BCUT2D eigenvalue weighted by atomic mass is 32.1. The maximum absolute atomic E-state index is 4.30. The molecule has 18 heavy (non-hydrogen) atoms. The topological polar surface area (TPSA) is 40.2 Å². The van der Waals surface area contributed by atoms with E-state index in [1.54, 1.807) is 11.3 Å². The molecule has 0 atom stereocenters. The minimum atomic E-state index is 0.241. The van der Waals surface area contributed by atoms with Gasteiger partial charge in [0.25, 0.3) is 0 Å². The first kappa shape index (κ1) is 13.9. The van der Waals surface area contributed by atoms with E-state index in [1.807, 2.05) is 11.6 Å². The van der Waals surface area contributed by atoms with Crippen molar-refractivity contribution in [2.45, 2.75) is 25.8 Å². The van der Waals surface area contributed by atoms with Gasteiger partial charge in [-0.05, 0) is 13.8 Å². The molecule has 102 valence electrons. The van der Waals surface area contributed by atoms with Gasteiger partial charge in [0.1, 0.15) is 0 Å². The number of nitrogens with one attached hydrogen (secondary N) is 2. The van der Waals surface area contributed by atoms with Crippen LogP contribution in [0.2, 0.25) is 0 Å². The summed E-state index contributed by atoms with van der Waals surface area (Å²) in [6, 6.07) is 0. The summed E-state index contributed by atoms with van der Waals surface area (Å²) in [5.74, 6) is 0. The average molecular weight is 268 g/mol. The van der Waals surface area contributed by atoms with Gasteiger partial charge in [-0.1, -0.05) is 0 Å². The molecule has 1 saturated heterocycles. The van der Waals surface area contributed by atoms with Crippen molar-refractivity contribution in [2.75, 3.05) is 39.3 Å². The molecule has 1 aliphatic heterocycles. The SMILES string of the molecule is CC(C)(CNCCc1nccs1)N1CCNCC1. The minimum Gasteiger partial charge on any atom is -0.314 e. The molecule has 0 spiro atoms. The Bertz CT molecular complexity index is 331. The molecule has 0 unspecified atom stereocenters. The molecular formula is C13H24N4S. The van der Waals surface area contributed by atoms with Crippen molar-refractivity contribution in [2.24, 2.45) is 0 Å².